The second-order valence-corrected chi connectivity index (χ2v) is 5.02. The van der Waals surface area contributed by atoms with Crippen molar-refractivity contribution >= 4 is 16.9 Å². The van der Waals surface area contributed by atoms with Crippen molar-refractivity contribution in [2.24, 2.45) is 5.41 Å². The molecule has 0 aliphatic heterocycles. The summed E-state index contributed by atoms with van der Waals surface area (Å²) >= 11 is 1.86. The Balaban J connectivity index is 2.04. The van der Waals surface area contributed by atoms with Crippen LogP contribution in [-0.2, 0) is 0 Å². The highest BCUT2D eigenvalue weighted by Crippen LogP contribution is 2.54. The summed E-state index contributed by atoms with van der Waals surface area (Å²) < 4.78 is 0. The molecule has 0 N–H and O–H groups in total. The van der Waals surface area contributed by atoms with Crippen LogP contribution in [0.2, 0.25) is 0 Å². The number of rotatable bonds is 1. The summed E-state index contributed by atoms with van der Waals surface area (Å²) in [6.07, 6.45) is 9.84. The summed E-state index contributed by atoms with van der Waals surface area (Å²) in [6, 6.07) is 2.20. The Bertz CT molecular complexity index is 403. The smallest absolute Gasteiger partial charge is 0.0368 e. The Morgan fingerprint density at radius 1 is 1.38 bits per heavy atom. The minimum absolute atomic E-state index is 0.492. The standard InChI is InChI=1S/C12H12S/c1-9-3-7-13-11(9)10-2-4-12(8-10)5-6-12/h2-4,7-8H,5-6H2,1H3. The van der Waals surface area contributed by atoms with Crippen LogP contribution in [0, 0.1) is 12.3 Å². The zero-order chi connectivity index (χ0) is 8.89. The molecule has 0 atom stereocenters. The van der Waals surface area contributed by atoms with Crippen molar-refractivity contribution in [3.8, 4) is 0 Å². The number of hydrogen-bond acceptors (Lipinski definition) is 1. The van der Waals surface area contributed by atoms with Crippen LogP contribution in [0.25, 0.3) is 5.57 Å². The van der Waals surface area contributed by atoms with E-state index in [1.165, 1.54) is 28.9 Å². The zero-order valence-electron chi connectivity index (χ0n) is 7.71. The first-order valence-electron chi connectivity index (χ1n) is 4.76. The molecule has 0 amide bonds. The van der Waals surface area contributed by atoms with Gasteiger partial charge in [0.1, 0.15) is 0 Å². The third-order valence-electron chi connectivity index (χ3n) is 2.99. The van der Waals surface area contributed by atoms with E-state index in [-0.39, 0.29) is 0 Å². The molecule has 1 heterocycles. The Morgan fingerprint density at radius 3 is 2.77 bits per heavy atom. The maximum Gasteiger partial charge on any atom is 0.0368 e. The van der Waals surface area contributed by atoms with Crippen molar-refractivity contribution in [2.45, 2.75) is 19.8 Å². The molecule has 2 aliphatic carbocycles. The van der Waals surface area contributed by atoms with Gasteiger partial charge in [-0.05, 0) is 42.3 Å². The molecule has 1 aromatic heterocycles. The number of hydrogen-bond donors (Lipinski definition) is 0. The van der Waals surface area contributed by atoms with E-state index in [0.717, 1.165) is 0 Å². The maximum atomic E-state index is 2.45. The van der Waals surface area contributed by atoms with Gasteiger partial charge in [-0.1, -0.05) is 18.2 Å². The van der Waals surface area contributed by atoms with Crippen molar-refractivity contribution in [3.05, 3.63) is 40.1 Å². The molecule has 1 saturated carbocycles. The zero-order valence-corrected chi connectivity index (χ0v) is 8.53. The lowest BCUT2D eigenvalue weighted by molar-refractivity contribution is 0.875. The van der Waals surface area contributed by atoms with Gasteiger partial charge in [0, 0.05) is 10.3 Å². The fraction of sp³-hybridized carbons (Fsp3) is 0.333. The number of thiophene rings is 1. The van der Waals surface area contributed by atoms with Gasteiger partial charge in [0.15, 0.2) is 0 Å². The lowest BCUT2D eigenvalue weighted by Crippen LogP contribution is -1.82. The van der Waals surface area contributed by atoms with Crippen LogP contribution in [0.3, 0.4) is 0 Å². The van der Waals surface area contributed by atoms with E-state index in [0.29, 0.717) is 5.41 Å². The summed E-state index contributed by atoms with van der Waals surface area (Å²) in [5.74, 6) is 0. The molecular weight excluding hydrogens is 176 g/mol. The third-order valence-corrected chi connectivity index (χ3v) is 4.05. The highest BCUT2D eigenvalue weighted by molar-refractivity contribution is 7.11. The van der Waals surface area contributed by atoms with E-state index in [1.54, 1.807) is 0 Å². The van der Waals surface area contributed by atoms with Crippen LogP contribution in [0.5, 0.6) is 0 Å². The van der Waals surface area contributed by atoms with Crippen molar-refractivity contribution in [2.75, 3.05) is 0 Å². The lowest BCUT2D eigenvalue weighted by Gasteiger charge is -1.98. The van der Waals surface area contributed by atoms with Crippen LogP contribution in [0.15, 0.2) is 29.7 Å². The summed E-state index contributed by atoms with van der Waals surface area (Å²) in [7, 11) is 0. The first-order valence-corrected chi connectivity index (χ1v) is 5.64. The van der Waals surface area contributed by atoms with E-state index < -0.39 is 0 Å². The summed E-state index contributed by atoms with van der Waals surface area (Å²) in [5.41, 5.74) is 3.36. The van der Waals surface area contributed by atoms with Crippen LogP contribution in [0.1, 0.15) is 23.3 Å². The molecule has 13 heavy (non-hydrogen) atoms. The molecule has 1 heteroatoms. The van der Waals surface area contributed by atoms with E-state index in [9.17, 15) is 0 Å². The van der Waals surface area contributed by atoms with E-state index in [4.69, 9.17) is 0 Å². The molecule has 1 fully saturated rings. The van der Waals surface area contributed by atoms with Gasteiger partial charge in [-0.2, -0.15) is 0 Å². The van der Waals surface area contributed by atoms with Gasteiger partial charge in [0.05, 0.1) is 0 Å². The molecule has 0 nitrogen and oxygen atoms in total. The highest BCUT2D eigenvalue weighted by atomic mass is 32.1. The molecule has 2 aliphatic rings. The van der Waals surface area contributed by atoms with Crippen LogP contribution < -0.4 is 0 Å². The van der Waals surface area contributed by atoms with Crippen LogP contribution in [0.4, 0.5) is 0 Å². The SMILES string of the molecule is Cc1ccsc1C1=CC2(C=C1)CC2. The normalized spacial score (nSPS) is 22.4. The fourth-order valence-corrected chi connectivity index (χ4v) is 2.85. The average molecular weight is 188 g/mol. The molecule has 0 radical (unpaired) electrons. The van der Waals surface area contributed by atoms with Gasteiger partial charge in [-0.25, -0.2) is 0 Å². The molecule has 1 aromatic rings. The number of aryl methyl sites for hydroxylation is 1. The van der Waals surface area contributed by atoms with Gasteiger partial charge >= 0.3 is 0 Å². The third kappa shape index (κ3) is 1.11. The first-order chi connectivity index (χ1) is 6.29. The molecule has 0 aromatic carbocycles. The Labute approximate surface area is 82.6 Å². The van der Waals surface area contributed by atoms with Gasteiger partial charge < -0.3 is 0 Å². The second kappa shape index (κ2) is 2.36. The monoisotopic (exact) mass is 188 g/mol. The molecule has 1 spiro atoms. The fourth-order valence-electron chi connectivity index (χ4n) is 1.93. The lowest BCUT2D eigenvalue weighted by atomic mass is 10.1. The van der Waals surface area contributed by atoms with Crippen molar-refractivity contribution in [1.82, 2.24) is 0 Å². The molecule has 0 bridgehead atoms. The summed E-state index contributed by atoms with van der Waals surface area (Å²) in [5, 5.41) is 2.18. The largest absolute Gasteiger partial charge is 0.144 e. The minimum atomic E-state index is 0.492. The summed E-state index contributed by atoms with van der Waals surface area (Å²) in [4.78, 5) is 1.46. The van der Waals surface area contributed by atoms with Crippen molar-refractivity contribution in [1.29, 1.82) is 0 Å². The predicted molar refractivity (Wildman–Crippen MR) is 57.8 cm³/mol. The highest BCUT2D eigenvalue weighted by Gasteiger charge is 2.40. The minimum Gasteiger partial charge on any atom is -0.144 e. The van der Waals surface area contributed by atoms with E-state index >= 15 is 0 Å². The quantitative estimate of drug-likeness (QED) is 0.629. The Morgan fingerprint density at radius 2 is 2.23 bits per heavy atom. The number of allylic oxidation sites excluding steroid dienone is 4. The van der Waals surface area contributed by atoms with E-state index in [2.05, 4.69) is 36.6 Å². The van der Waals surface area contributed by atoms with Crippen molar-refractivity contribution < 1.29 is 0 Å². The van der Waals surface area contributed by atoms with Gasteiger partial charge in [-0.15, -0.1) is 11.3 Å². The van der Waals surface area contributed by atoms with Gasteiger partial charge in [0.2, 0.25) is 0 Å². The van der Waals surface area contributed by atoms with Crippen molar-refractivity contribution in [3.63, 3.8) is 0 Å². The van der Waals surface area contributed by atoms with Gasteiger partial charge in [0.25, 0.3) is 0 Å². The van der Waals surface area contributed by atoms with Crippen LogP contribution in [-0.4, -0.2) is 0 Å². The first kappa shape index (κ1) is 7.57. The molecule has 0 unspecified atom stereocenters. The van der Waals surface area contributed by atoms with Crippen LogP contribution >= 0.6 is 11.3 Å². The average Bonchev–Trinajstić information content (AvgIpc) is 2.55. The topological polar surface area (TPSA) is 0 Å². The molecule has 66 valence electrons. The molecular formula is C12H12S. The Hall–Kier alpha value is -0.820. The summed E-state index contributed by atoms with van der Waals surface area (Å²) in [6.45, 7) is 2.19. The second-order valence-electron chi connectivity index (χ2n) is 4.10. The van der Waals surface area contributed by atoms with E-state index in [1.807, 2.05) is 11.3 Å². The molecule has 3 rings (SSSR count). The maximum absolute atomic E-state index is 2.45. The van der Waals surface area contributed by atoms with Gasteiger partial charge in [-0.3, -0.25) is 0 Å². The predicted octanol–water partition coefficient (Wildman–Crippen LogP) is 3.79. The Kier molecular flexibility index (Phi) is 1.37. The molecule has 0 saturated heterocycles.